The van der Waals surface area contributed by atoms with Gasteiger partial charge in [-0.2, -0.15) is 0 Å². The van der Waals surface area contributed by atoms with E-state index in [1.54, 1.807) is 24.3 Å². The highest BCUT2D eigenvalue weighted by Gasteiger charge is 2.11. The molecule has 28 heavy (non-hydrogen) atoms. The number of phenolic OH excluding ortho intramolecular Hbond substituents is 2. The van der Waals surface area contributed by atoms with E-state index >= 15 is 0 Å². The Morgan fingerprint density at radius 3 is 1.21 bits per heavy atom. The van der Waals surface area contributed by atoms with Gasteiger partial charge in [0.15, 0.2) is 0 Å². The van der Waals surface area contributed by atoms with Gasteiger partial charge in [0.05, 0.1) is 0 Å². The van der Waals surface area contributed by atoms with Gasteiger partial charge in [0, 0.05) is 22.1 Å². The average Bonchev–Trinajstić information content (AvgIpc) is 2.69. The van der Waals surface area contributed by atoms with Gasteiger partial charge < -0.3 is 21.7 Å². The minimum atomic E-state index is 0.254. The molecule has 0 aromatic heterocycles. The summed E-state index contributed by atoms with van der Waals surface area (Å²) in [5.41, 5.74) is 18.6. The molecule has 0 aliphatic rings. The average molecular weight is 370 g/mol. The van der Waals surface area contributed by atoms with E-state index in [-0.39, 0.29) is 11.5 Å². The van der Waals surface area contributed by atoms with E-state index in [0.29, 0.717) is 12.8 Å². The highest BCUT2D eigenvalue weighted by molar-refractivity contribution is 6.02. The molecular formula is C24H22N2O2. The Kier molecular flexibility index (Phi) is 4.53. The molecule has 6 N–H and O–H groups in total. The van der Waals surface area contributed by atoms with Crippen LogP contribution in [0.25, 0.3) is 10.8 Å². The van der Waals surface area contributed by atoms with Crippen molar-refractivity contribution >= 4 is 22.1 Å². The second kappa shape index (κ2) is 7.16. The number of anilines is 2. The number of nitrogens with two attached hydrogens (primary N) is 2. The third-order valence-electron chi connectivity index (χ3n) is 5.13. The fraction of sp³-hybridized carbons (Fsp3) is 0.0833. The van der Waals surface area contributed by atoms with Crippen LogP contribution in [-0.4, -0.2) is 10.2 Å². The Labute approximate surface area is 163 Å². The number of fused-ring (bicyclic) bond motifs is 1. The van der Waals surface area contributed by atoms with Gasteiger partial charge in [0.25, 0.3) is 0 Å². The Morgan fingerprint density at radius 1 is 0.500 bits per heavy atom. The summed E-state index contributed by atoms with van der Waals surface area (Å²) >= 11 is 0. The molecular weight excluding hydrogens is 348 g/mol. The van der Waals surface area contributed by atoms with Crippen LogP contribution in [0.1, 0.15) is 22.3 Å². The lowest BCUT2D eigenvalue weighted by molar-refractivity contribution is 0.474. The Morgan fingerprint density at radius 2 is 0.857 bits per heavy atom. The first-order chi connectivity index (χ1) is 13.5. The zero-order valence-corrected chi connectivity index (χ0v) is 15.4. The minimum absolute atomic E-state index is 0.254. The zero-order valence-electron chi connectivity index (χ0n) is 15.4. The van der Waals surface area contributed by atoms with E-state index in [1.165, 1.54) is 0 Å². The van der Waals surface area contributed by atoms with Crippen LogP contribution < -0.4 is 11.5 Å². The normalized spacial score (nSPS) is 11.0. The van der Waals surface area contributed by atoms with Crippen molar-refractivity contribution in [3.8, 4) is 11.5 Å². The quantitative estimate of drug-likeness (QED) is 0.395. The molecule has 0 saturated heterocycles. The standard InChI is InChI=1S/C24H22N2O2/c25-23-17(13-15-1-7-19(27)8-2-15)5-11-22-21(23)12-6-18(24(22)26)14-16-3-9-20(28)10-4-16/h1-12,27-28H,13-14,25-26H2. The Bertz CT molecular complexity index is 1040. The molecule has 0 radical (unpaired) electrons. The maximum atomic E-state index is 9.44. The summed E-state index contributed by atoms with van der Waals surface area (Å²) in [6.07, 6.45) is 1.38. The van der Waals surface area contributed by atoms with E-state index in [1.807, 2.05) is 48.5 Å². The summed E-state index contributed by atoms with van der Waals surface area (Å²) < 4.78 is 0. The SMILES string of the molecule is Nc1c(Cc2ccc(O)cc2)ccc2c(N)c(Cc3ccc(O)cc3)ccc12. The van der Waals surface area contributed by atoms with Crippen molar-refractivity contribution in [2.24, 2.45) is 0 Å². The molecule has 0 aliphatic heterocycles. The van der Waals surface area contributed by atoms with Crippen molar-refractivity contribution in [3.63, 3.8) is 0 Å². The fourth-order valence-electron chi connectivity index (χ4n) is 3.52. The number of nitrogen functional groups attached to an aromatic ring is 2. The number of aromatic hydroxyl groups is 2. The lowest BCUT2D eigenvalue weighted by atomic mass is 9.94. The first kappa shape index (κ1) is 17.7. The van der Waals surface area contributed by atoms with Gasteiger partial charge in [-0.05, 0) is 59.4 Å². The van der Waals surface area contributed by atoms with Crippen LogP contribution in [0.2, 0.25) is 0 Å². The van der Waals surface area contributed by atoms with Crippen molar-refractivity contribution in [1.82, 2.24) is 0 Å². The van der Waals surface area contributed by atoms with Crippen LogP contribution >= 0.6 is 0 Å². The molecule has 0 atom stereocenters. The largest absolute Gasteiger partial charge is 0.508 e. The smallest absolute Gasteiger partial charge is 0.115 e. The second-order valence-electron chi connectivity index (χ2n) is 7.06. The number of phenols is 2. The second-order valence-corrected chi connectivity index (χ2v) is 7.06. The van der Waals surface area contributed by atoms with Gasteiger partial charge in [-0.1, -0.05) is 48.5 Å². The molecule has 4 heteroatoms. The van der Waals surface area contributed by atoms with Gasteiger partial charge in [0.2, 0.25) is 0 Å². The van der Waals surface area contributed by atoms with Crippen LogP contribution in [0.15, 0.2) is 72.8 Å². The first-order valence-electron chi connectivity index (χ1n) is 9.15. The molecule has 0 bridgehead atoms. The van der Waals surface area contributed by atoms with Crippen LogP contribution in [0.3, 0.4) is 0 Å². The molecule has 140 valence electrons. The van der Waals surface area contributed by atoms with Crippen molar-refractivity contribution in [2.45, 2.75) is 12.8 Å². The van der Waals surface area contributed by atoms with Gasteiger partial charge in [0.1, 0.15) is 11.5 Å². The highest BCUT2D eigenvalue weighted by atomic mass is 16.3. The molecule has 4 aromatic rings. The molecule has 4 aromatic carbocycles. The maximum Gasteiger partial charge on any atom is 0.115 e. The Hall–Kier alpha value is -3.66. The molecule has 0 aliphatic carbocycles. The van der Waals surface area contributed by atoms with Crippen molar-refractivity contribution in [1.29, 1.82) is 0 Å². The summed E-state index contributed by atoms with van der Waals surface area (Å²) in [4.78, 5) is 0. The number of benzene rings is 4. The number of hydrogen-bond donors (Lipinski definition) is 4. The lowest BCUT2D eigenvalue weighted by Crippen LogP contribution is -2.01. The van der Waals surface area contributed by atoms with E-state index in [4.69, 9.17) is 11.5 Å². The number of rotatable bonds is 4. The van der Waals surface area contributed by atoms with Gasteiger partial charge >= 0.3 is 0 Å². The third kappa shape index (κ3) is 3.45. The third-order valence-corrected chi connectivity index (χ3v) is 5.13. The number of hydrogen-bond acceptors (Lipinski definition) is 4. The maximum absolute atomic E-state index is 9.44. The van der Waals surface area contributed by atoms with Crippen molar-refractivity contribution in [3.05, 3.63) is 95.1 Å². The Balaban J connectivity index is 1.67. The monoisotopic (exact) mass is 370 g/mol. The fourth-order valence-corrected chi connectivity index (χ4v) is 3.52. The molecule has 0 amide bonds. The van der Waals surface area contributed by atoms with Crippen molar-refractivity contribution in [2.75, 3.05) is 11.5 Å². The van der Waals surface area contributed by atoms with Gasteiger partial charge in [-0.15, -0.1) is 0 Å². The van der Waals surface area contributed by atoms with Crippen LogP contribution in [-0.2, 0) is 12.8 Å². The van der Waals surface area contributed by atoms with Crippen LogP contribution in [0.5, 0.6) is 11.5 Å². The highest BCUT2D eigenvalue weighted by Crippen LogP contribution is 2.33. The minimum Gasteiger partial charge on any atom is -0.508 e. The summed E-state index contributed by atoms with van der Waals surface area (Å²) in [7, 11) is 0. The van der Waals surface area contributed by atoms with Crippen LogP contribution in [0.4, 0.5) is 11.4 Å². The molecule has 0 unspecified atom stereocenters. The predicted molar refractivity (Wildman–Crippen MR) is 115 cm³/mol. The van der Waals surface area contributed by atoms with E-state index < -0.39 is 0 Å². The van der Waals surface area contributed by atoms with Gasteiger partial charge in [-0.25, -0.2) is 0 Å². The van der Waals surface area contributed by atoms with Crippen molar-refractivity contribution < 1.29 is 10.2 Å². The predicted octanol–water partition coefficient (Wildman–Crippen LogP) is 4.60. The molecule has 0 heterocycles. The molecule has 0 saturated carbocycles. The first-order valence-corrected chi connectivity index (χ1v) is 9.15. The van der Waals surface area contributed by atoms with Gasteiger partial charge in [-0.3, -0.25) is 0 Å². The summed E-state index contributed by atoms with van der Waals surface area (Å²) in [5.74, 6) is 0.508. The van der Waals surface area contributed by atoms with Crippen LogP contribution in [0, 0.1) is 0 Å². The molecule has 0 fully saturated rings. The lowest BCUT2D eigenvalue weighted by Gasteiger charge is -2.14. The van der Waals surface area contributed by atoms with E-state index in [2.05, 4.69) is 0 Å². The van der Waals surface area contributed by atoms with E-state index in [0.717, 1.165) is 44.4 Å². The molecule has 4 nitrogen and oxygen atoms in total. The summed E-state index contributed by atoms with van der Waals surface area (Å²) in [6.45, 7) is 0. The van der Waals surface area contributed by atoms with E-state index in [9.17, 15) is 10.2 Å². The zero-order chi connectivity index (χ0) is 19.7. The molecule has 4 rings (SSSR count). The summed E-state index contributed by atoms with van der Waals surface area (Å²) in [6, 6.07) is 22.4. The molecule has 0 spiro atoms. The summed E-state index contributed by atoms with van der Waals surface area (Å²) in [5, 5.41) is 20.8. The topological polar surface area (TPSA) is 92.5 Å².